The van der Waals surface area contributed by atoms with E-state index in [4.69, 9.17) is 0 Å². The smallest absolute Gasteiger partial charge is 0.242 e. The zero-order chi connectivity index (χ0) is 14.6. The number of hydrogen-bond donors (Lipinski definition) is 3. The van der Waals surface area contributed by atoms with Crippen molar-refractivity contribution in [2.24, 2.45) is 0 Å². The largest absolute Gasteiger partial charge is 0.393 e. The first-order valence-corrected chi connectivity index (χ1v) is 8.40. The van der Waals surface area contributed by atoms with E-state index in [1.54, 1.807) is 12.1 Å². The molecule has 1 saturated carbocycles. The highest BCUT2D eigenvalue weighted by Crippen LogP contribution is 2.20. The molecule has 1 aliphatic carbocycles. The Kier molecular flexibility index (Phi) is 4.95. The second kappa shape index (κ2) is 6.51. The van der Waals surface area contributed by atoms with E-state index >= 15 is 0 Å². The molecule has 0 unspecified atom stereocenters. The lowest BCUT2D eigenvalue weighted by atomic mass is 9.94. The van der Waals surface area contributed by atoms with E-state index in [0.29, 0.717) is 31.5 Å². The Balaban J connectivity index is 2.02. The van der Waals surface area contributed by atoms with Gasteiger partial charge in [-0.25, -0.2) is 18.1 Å². The maximum Gasteiger partial charge on any atom is 0.242 e. The van der Waals surface area contributed by atoms with Crippen LogP contribution in [0.15, 0.2) is 23.2 Å². The van der Waals surface area contributed by atoms with E-state index in [1.807, 2.05) is 6.92 Å². The van der Waals surface area contributed by atoms with Gasteiger partial charge in [-0.15, -0.1) is 0 Å². The lowest BCUT2D eigenvalue weighted by Gasteiger charge is -2.25. The van der Waals surface area contributed by atoms with Gasteiger partial charge in [-0.2, -0.15) is 0 Å². The van der Waals surface area contributed by atoms with Crippen LogP contribution >= 0.6 is 0 Å². The normalized spacial score (nSPS) is 23.5. The molecule has 0 saturated heterocycles. The van der Waals surface area contributed by atoms with Crippen molar-refractivity contribution < 1.29 is 13.5 Å². The third kappa shape index (κ3) is 3.91. The van der Waals surface area contributed by atoms with E-state index in [1.165, 1.54) is 6.20 Å². The van der Waals surface area contributed by atoms with Crippen LogP contribution in [0.2, 0.25) is 0 Å². The topological polar surface area (TPSA) is 91.3 Å². The number of rotatable bonds is 5. The molecule has 112 valence electrons. The second-order valence-corrected chi connectivity index (χ2v) is 6.75. The van der Waals surface area contributed by atoms with Gasteiger partial charge in [0.15, 0.2) is 0 Å². The maximum absolute atomic E-state index is 12.2. The van der Waals surface area contributed by atoms with Crippen molar-refractivity contribution in [1.29, 1.82) is 0 Å². The summed E-state index contributed by atoms with van der Waals surface area (Å²) in [4.78, 5) is 4.24. The molecule has 1 aliphatic rings. The van der Waals surface area contributed by atoms with Crippen LogP contribution in [0.25, 0.3) is 0 Å². The van der Waals surface area contributed by atoms with Gasteiger partial charge < -0.3 is 10.4 Å². The van der Waals surface area contributed by atoms with Crippen LogP contribution in [0.4, 0.5) is 5.82 Å². The fourth-order valence-corrected chi connectivity index (χ4v) is 3.56. The zero-order valence-corrected chi connectivity index (χ0v) is 12.4. The quantitative estimate of drug-likeness (QED) is 0.757. The molecule has 0 aromatic carbocycles. The SMILES string of the molecule is CCNc1ccc(S(=O)(=O)NC2CCC(O)CC2)cn1. The highest BCUT2D eigenvalue weighted by molar-refractivity contribution is 7.89. The summed E-state index contributed by atoms with van der Waals surface area (Å²) in [6.07, 6.45) is 3.69. The summed E-state index contributed by atoms with van der Waals surface area (Å²) in [6, 6.07) is 3.10. The summed E-state index contributed by atoms with van der Waals surface area (Å²) in [5, 5.41) is 12.4. The Morgan fingerprint density at radius 3 is 2.55 bits per heavy atom. The van der Waals surface area contributed by atoms with Crippen molar-refractivity contribution in [2.45, 2.75) is 49.6 Å². The van der Waals surface area contributed by atoms with Gasteiger partial charge >= 0.3 is 0 Å². The standard InChI is InChI=1S/C13H21N3O3S/c1-2-14-13-8-7-12(9-15-13)20(18,19)16-10-3-5-11(17)6-4-10/h7-11,16-17H,2-6H2,1H3,(H,14,15). The first kappa shape index (κ1) is 15.2. The molecule has 7 heteroatoms. The highest BCUT2D eigenvalue weighted by atomic mass is 32.2. The Bertz CT molecular complexity index is 522. The number of aromatic nitrogens is 1. The molecule has 0 aliphatic heterocycles. The fourth-order valence-electron chi connectivity index (χ4n) is 2.31. The van der Waals surface area contributed by atoms with E-state index in [0.717, 1.165) is 6.54 Å². The molecule has 0 spiro atoms. The first-order valence-electron chi connectivity index (χ1n) is 6.91. The summed E-state index contributed by atoms with van der Waals surface area (Å²) in [7, 11) is -3.53. The molecule has 1 aromatic heterocycles. The van der Waals surface area contributed by atoms with Crippen molar-refractivity contribution in [3.05, 3.63) is 18.3 Å². The molecule has 20 heavy (non-hydrogen) atoms. The lowest BCUT2D eigenvalue weighted by molar-refractivity contribution is 0.120. The minimum atomic E-state index is -3.53. The average Bonchev–Trinajstić information content (AvgIpc) is 2.42. The van der Waals surface area contributed by atoms with Crippen molar-refractivity contribution in [3.8, 4) is 0 Å². The van der Waals surface area contributed by atoms with E-state index in [2.05, 4.69) is 15.0 Å². The minimum absolute atomic E-state index is 0.100. The van der Waals surface area contributed by atoms with Gasteiger partial charge in [0, 0.05) is 18.8 Å². The van der Waals surface area contributed by atoms with Crippen molar-refractivity contribution in [3.63, 3.8) is 0 Å². The van der Waals surface area contributed by atoms with Gasteiger partial charge in [-0.3, -0.25) is 0 Å². The van der Waals surface area contributed by atoms with Crippen molar-refractivity contribution in [2.75, 3.05) is 11.9 Å². The molecule has 1 aromatic rings. The Labute approximate surface area is 119 Å². The lowest BCUT2D eigenvalue weighted by Crippen LogP contribution is -2.38. The van der Waals surface area contributed by atoms with Gasteiger partial charge in [0.25, 0.3) is 0 Å². The van der Waals surface area contributed by atoms with Crippen LogP contribution in [0, 0.1) is 0 Å². The molecular formula is C13H21N3O3S. The number of sulfonamides is 1. The predicted octanol–water partition coefficient (Wildman–Crippen LogP) is 1.10. The molecule has 0 radical (unpaired) electrons. The van der Waals surface area contributed by atoms with Crippen LogP contribution in [-0.4, -0.2) is 37.2 Å². The third-order valence-corrected chi connectivity index (χ3v) is 4.93. The van der Waals surface area contributed by atoms with Crippen LogP contribution in [0.1, 0.15) is 32.6 Å². The maximum atomic E-state index is 12.2. The molecule has 0 bridgehead atoms. The molecule has 0 atom stereocenters. The second-order valence-electron chi connectivity index (χ2n) is 5.04. The molecule has 2 rings (SSSR count). The number of anilines is 1. The molecule has 3 N–H and O–H groups in total. The highest BCUT2D eigenvalue weighted by Gasteiger charge is 2.24. The number of aliphatic hydroxyl groups excluding tert-OH is 1. The van der Waals surface area contributed by atoms with Crippen LogP contribution in [0.3, 0.4) is 0 Å². The summed E-state index contributed by atoms with van der Waals surface area (Å²) >= 11 is 0. The summed E-state index contributed by atoms with van der Waals surface area (Å²) in [5.74, 6) is 0.659. The van der Waals surface area contributed by atoms with Gasteiger partial charge in [-0.1, -0.05) is 0 Å². The first-order chi connectivity index (χ1) is 9.51. The molecular weight excluding hydrogens is 278 g/mol. The average molecular weight is 299 g/mol. The Morgan fingerprint density at radius 1 is 1.30 bits per heavy atom. The summed E-state index contributed by atoms with van der Waals surface area (Å²) in [5.41, 5.74) is 0. The van der Waals surface area contributed by atoms with Crippen LogP contribution < -0.4 is 10.0 Å². The van der Waals surface area contributed by atoms with Crippen LogP contribution in [0.5, 0.6) is 0 Å². The number of pyridine rings is 1. The number of nitrogens with zero attached hydrogens (tertiary/aromatic N) is 1. The zero-order valence-electron chi connectivity index (χ0n) is 11.5. The third-order valence-electron chi connectivity index (χ3n) is 3.42. The van der Waals surface area contributed by atoms with Crippen molar-refractivity contribution in [1.82, 2.24) is 9.71 Å². The molecule has 1 fully saturated rings. The van der Waals surface area contributed by atoms with Gasteiger partial charge in [-0.05, 0) is 44.7 Å². The Morgan fingerprint density at radius 2 is 2.00 bits per heavy atom. The molecule has 1 heterocycles. The van der Waals surface area contributed by atoms with E-state index in [-0.39, 0.29) is 17.0 Å². The van der Waals surface area contributed by atoms with Crippen LogP contribution in [-0.2, 0) is 10.0 Å². The number of aliphatic hydroxyl groups is 1. The van der Waals surface area contributed by atoms with Crippen molar-refractivity contribution >= 4 is 15.8 Å². The summed E-state index contributed by atoms with van der Waals surface area (Å²) < 4.78 is 27.1. The fraction of sp³-hybridized carbons (Fsp3) is 0.615. The van der Waals surface area contributed by atoms with E-state index in [9.17, 15) is 13.5 Å². The van der Waals surface area contributed by atoms with Gasteiger partial charge in [0.2, 0.25) is 10.0 Å². The Hall–Kier alpha value is -1.18. The minimum Gasteiger partial charge on any atom is -0.393 e. The van der Waals surface area contributed by atoms with Gasteiger partial charge in [0.1, 0.15) is 10.7 Å². The predicted molar refractivity (Wildman–Crippen MR) is 77.0 cm³/mol. The van der Waals surface area contributed by atoms with Gasteiger partial charge in [0.05, 0.1) is 6.10 Å². The number of hydrogen-bond acceptors (Lipinski definition) is 5. The summed E-state index contributed by atoms with van der Waals surface area (Å²) in [6.45, 7) is 2.69. The number of nitrogens with one attached hydrogen (secondary N) is 2. The molecule has 6 nitrogen and oxygen atoms in total. The van der Waals surface area contributed by atoms with E-state index < -0.39 is 10.0 Å². The molecule has 0 amide bonds. The monoisotopic (exact) mass is 299 g/mol.